The number of aryl methyl sites for hydroxylation is 2. The quantitative estimate of drug-likeness (QED) is 0.387. The summed E-state index contributed by atoms with van der Waals surface area (Å²) >= 11 is 0. The molecule has 0 amide bonds. The molecule has 0 unspecified atom stereocenters. The number of fused-ring (bicyclic) bond motifs is 2. The fourth-order valence-corrected chi connectivity index (χ4v) is 3.30. The van der Waals surface area contributed by atoms with Crippen LogP contribution in [0.5, 0.6) is 0 Å². The molecule has 5 rings (SSSR count). The Labute approximate surface area is 171 Å². The Hall–Kier alpha value is -2.50. The summed E-state index contributed by atoms with van der Waals surface area (Å²) in [6.45, 7) is 12.3. The van der Waals surface area contributed by atoms with E-state index in [9.17, 15) is 0 Å². The van der Waals surface area contributed by atoms with Crippen molar-refractivity contribution >= 4 is 34.7 Å². The van der Waals surface area contributed by atoms with E-state index in [0.717, 1.165) is 22.2 Å². The second-order valence-corrected chi connectivity index (χ2v) is 8.74. The molecule has 0 spiro atoms. The first-order valence-corrected chi connectivity index (χ1v) is 9.94. The molecule has 2 aromatic carbocycles. The number of rotatable bonds is 1. The van der Waals surface area contributed by atoms with E-state index in [4.69, 9.17) is 18.1 Å². The molecule has 1 fully saturated rings. The second-order valence-electron chi connectivity index (χ2n) is 8.74. The zero-order valence-corrected chi connectivity index (χ0v) is 17.9. The molecule has 150 valence electrons. The van der Waals surface area contributed by atoms with Crippen molar-refractivity contribution in [2.24, 2.45) is 0 Å². The lowest BCUT2D eigenvalue weighted by Gasteiger charge is -2.32. The molecule has 1 aliphatic heterocycles. The Morgan fingerprint density at radius 2 is 1.28 bits per heavy atom. The molecule has 4 nitrogen and oxygen atoms in total. The standard InChI is InChI=1S/C15H19BO3.C9H8O/c1-10-6-7-11-9-13(17-12(11)8-10)16-18-14(2,3)15(4,5)19-16;1-7-2-3-8-4-5-10-9(8)6-7/h6-9H,1-5H3;2-6H,1H3. The molecule has 5 heteroatoms. The zero-order valence-electron chi connectivity index (χ0n) is 17.9. The lowest BCUT2D eigenvalue weighted by atomic mass is 9.86. The Kier molecular flexibility index (Phi) is 4.84. The molecule has 4 aromatic rings. The van der Waals surface area contributed by atoms with Crippen LogP contribution in [0, 0.1) is 13.8 Å². The maximum absolute atomic E-state index is 5.99. The van der Waals surface area contributed by atoms with Gasteiger partial charge in [0.15, 0.2) is 0 Å². The van der Waals surface area contributed by atoms with Crippen molar-refractivity contribution in [2.75, 3.05) is 0 Å². The molecule has 0 saturated carbocycles. The minimum Gasteiger partial charge on any atom is -0.465 e. The van der Waals surface area contributed by atoms with Crippen LogP contribution in [0.3, 0.4) is 0 Å². The third kappa shape index (κ3) is 3.85. The van der Waals surface area contributed by atoms with Gasteiger partial charge in [-0.1, -0.05) is 24.3 Å². The lowest BCUT2D eigenvalue weighted by molar-refractivity contribution is 0.00578. The van der Waals surface area contributed by atoms with Crippen LogP contribution in [-0.4, -0.2) is 18.3 Å². The third-order valence-electron chi connectivity index (χ3n) is 5.79. The van der Waals surface area contributed by atoms with Crippen molar-refractivity contribution in [1.29, 1.82) is 0 Å². The molecule has 0 aliphatic carbocycles. The van der Waals surface area contributed by atoms with Crippen LogP contribution in [0.15, 0.2) is 63.6 Å². The van der Waals surface area contributed by atoms with Crippen molar-refractivity contribution in [3.63, 3.8) is 0 Å². The van der Waals surface area contributed by atoms with E-state index >= 15 is 0 Å². The summed E-state index contributed by atoms with van der Waals surface area (Å²) in [6.07, 6.45) is 1.71. The number of furan rings is 2. The molecular formula is C24H27BO4. The fraction of sp³-hybridized carbons (Fsp3) is 0.333. The van der Waals surface area contributed by atoms with Gasteiger partial charge in [-0.3, -0.25) is 0 Å². The number of hydrogen-bond donors (Lipinski definition) is 0. The van der Waals surface area contributed by atoms with Crippen LogP contribution >= 0.6 is 0 Å². The molecule has 2 aromatic heterocycles. The van der Waals surface area contributed by atoms with E-state index in [1.165, 1.54) is 16.5 Å². The normalized spacial score (nSPS) is 17.5. The lowest BCUT2D eigenvalue weighted by Crippen LogP contribution is -2.41. The maximum Gasteiger partial charge on any atom is 0.532 e. The van der Waals surface area contributed by atoms with Crippen molar-refractivity contribution in [1.82, 2.24) is 0 Å². The molecule has 1 aliphatic rings. The topological polar surface area (TPSA) is 44.7 Å². The molecule has 0 N–H and O–H groups in total. The summed E-state index contributed by atoms with van der Waals surface area (Å²) < 4.78 is 23.1. The molecule has 0 bridgehead atoms. The average molecular weight is 390 g/mol. The largest absolute Gasteiger partial charge is 0.532 e. The van der Waals surface area contributed by atoms with E-state index in [0.29, 0.717) is 0 Å². The van der Waals surface area contributed by atoms with Crippen molar-refractivity contribution < 1.29 is 18.1 Å². The third-order valence-corrected chi connectivity index (χ3v) is 5.79. The van der Waals surface area contributed by atoms with E-state index < -0.39 is 7.12 Å². The maximum atomic E-state index is 5.99. The minimum atomic E-state index is -0.433. The van der Waals surface area contributed by atoms with Gasteiger partial charge >= 0.3 is 7.12 Å². The van der Waals surface area contributed by atoms with Gasteiger partial charge in [0.25, 0.3) is 0 Å². The van der Waals surface area contributed by atoms with Gasteiger partial charge in [-0.2, -0.15) is 0 Å². The van der Waals surface area contributed by atoms with Crippen LogP contribution < -0.4 is 5.66 Å². The summed E-state index contributed by atoms with van der Waals surface area (Å²) in [7, 11) is -0.433. The smallest absolute Gasteiger partial charge is 0.465 e. The number of hydrogen-bond acceptors (Lipinski definition) is 4. The van der Waals surface area contributed by atoms with E-state index in [1.807, 2.05) is 52.0 Å². The van der Waals surface area contributed by atoms with Gasteiger partial charge in [-0.15, -0.1) is 0 Å². The second kappa shape index (κ2) is 7.08. The SMILES string of the molecule is Cc1ccc2cc(B3OC(C)(C)C(C)(C)O3)oc2c1.Cc1ccc2ccoc2c1. The van der Waals surface area contributed by atoms with Gasteiger partial charge in [0.05, 0.1) is 17.5 Å². The predicted octanol–water partition coefficient (Wildman–Crippen LogP) is 5.78. The Balaban J connectivity index is 0.000000171. The van der Waals surface area contributed by atoms with E-state index in [2.05, 4.69) is 38.1 Å². The summed E-state index contributed by atoms with van der Waals surface area (Å²) in [6, 6.07) is 16.3. The van der Waals surface area contributed by atoms with Gasteiger partial charge in [0.2, 0.25) is 0 Å². The van der Waals surface area contributed by atoms with E-state index in [-0.39, 0.29) is 11.2 Å². The molecule has 0 radical (unpaired) electrons. The van der Waals surface area contributed by atoms with Gasteiger partial charge in [-0.25, -0.2) is 0 Å². The Bertz CT molecular complexity index is 1140. The van der Waals surface area contributed by atoms with Crippen LogP contribution in [0.25, 0.3) is 21.9 Å². The highest BCUT2D eigenvalue weighted by molar-refractivity contribution is 6.61. The van der Waals surface area contributed by atoms with Crippen LogP contribution in [0.1, 0.15) is 38.8 Å². The molecule has 0 atom stereocenters. The first-order chi connectivity index (χ1) is 13.6. The molecular weight excluding hydrogens is 363 g/mol. The minimum absolute atomic E-state index is 0.341. The van der Waals surface area contributed by atoms with Gasteiger partial charge < -0.3 is 18.1 Å². The Morgan fingerprint density at radius 3 is 1.93 bits per heavy atom. The number of benzene rings is 2. The average Bonchev–Trinajstić information content (AvgIpc) is 3.31. The highest BCUT2D eigenvalue weighted by Gasteiger charge is 2.53. The highest BCUT2D eigenvalue weighted by Crippen LogP contribution is 2.36. The first-order valence-electron chi connectivity index (χ1n) is 9.94. The fourth-order valence-electron chi connectivity index (χ4n) is 3.30. The van der Waals surface area contributed by atoms with Crippen molar-refractivity contribution in [3.8, 4) is 0 Å². The Morgan fingerprint density at radius 1 is 0.690 bits per heavy atom. The van der Waals surface area contributed by atoms with Crippen molar-refractivity contribution in [2.45, 2.75) is 52.7 Å². The monoisotopic (exact) mass is 390 g/mol. The highest BCUT2D eigenvalue weighted by atomic mass is 16.7. The molecule has 29 heavy (non-hydrogen) atoms. The zero-order chi connectivity index (χ0) is 20.8. The summed E-state index contributed by atoms with van der Waals surface area (Å²) in [4.78, 5) is 0. The van der Waals surface area contributed by atoms with Crippen molar-refractivity contribution in [3.05, 3.63) is 65.9 Å². The summed E-state index contributed by atoms with van der Waals surface area (Å²) in [5.74, 6) is 0. The van der Waals surface area contributed by atoms with Crippen LogP contribution in [0.4, 0.5) is 0 Å². The van der Waals surface area contributed by atoms with Crippen LogP contribution in [-0.2, 0) is 9.31 Å². The molecule has 1 saturated heterocycles. The summed E-state index contributed by atoms with van der Waals surface area (Å²) in [5.41, 5.74) is 4.33. The molecule has 3 heterocycles. The van der Waals surface area contributed by atoms with Gasteiger partial charge in [0.1, 0.15) is 16.8 Å². The first kappa shape index (κ1) is 19.8. The van der Waals surface area contributed by atoms with Gasteiger partial charge in [0, 0.05) is 10.8 Å². The predicted molar refractivity (Wildman–Crippen MR) is 118 cm³/mol. The summed E-state index contributed by atoms with van der Waals surface area (Å²) in [5, 5.41) is 2.25. The van der Waals surface area contributed by atoms with Gasteiger partial charge in [-0.05, 0) is 76.9 Å². The van der Waals surface area contributed by atoms with E-state index in [1.54, 1.807) is 6.26 Å². The van der Waals surface area contributed by atoms with Crippen LogP contribution in [0.2, 0.25) is 0 Å².